The SMILES string of the molecule is CCCOC(=O)N1CCN(C(=O)c2ccc3c(Cl)c4c(nc3c2)CC(c2ncccc2C)CC4)[C@@H](C)C1.S. The number of aryl methyl sites for hydroxylation is 1. The van der Waals surface area contributed by atoms with Gasteiger partial charge < -0.3 is 14.5 Å². The van der Waals surface area contributed by atoms with Crippen molar-refractivity contribution in [2.75, 3.05) is 26.2 Å². The minimum Gasteiger partial charge on any atom is -0.449 e. The maximum atomic E-state index is 13.5. The van der Waals surface area contributed by atoms with E-state index in [-0.39, 0.29) is 31.5 Å². The van der Waals surface area contributed by atoms with Crippen LogP contribution in [0.5, 0.6) is 0 Å². The van der Waals surface area contributed by atoms with Gasteiger partial charge in [-0.05, 0) is 68.9 Å². The summed E-state index contributed by atoms with van der Waals surface area (Å²) in [5.74, 6) is 0.245. The maximum absolute atomic E-state index is 13.5. The largest absolute Gasteiger partial charge is 0.449 e. The first-order valence-corrected chi connectivity index (χ1v) is 13.5. The number of carbonyl (C=O) groups excluding carboxylic acids is 2. The average molecular weight is 555 g/mol. The first-order chi connectivity index (χ1) is 17.9. The second kappa shape index (κ2) is 11.9. The highest BCUT2D eigenvalue weighted by Gasteiger charge is 2.32. The average Bonchev–Trinajstić information content (AvgIpc) is 2.91. The molecule has 202 valence electrons. The smallest absolute Gasteiger partial charge is 0.409 e. The molecule has 2 aliphatic rings. The molecule has 3 heterocycles. The number of nitrogens with zero attached hydrogens (tertiary/aromatic N) is 4. The summed E-state index contributed by atoms with van der Waals surface area (Å²) in [6.07, 6.45) is 4.96. The molecule has 1 aliphatic carbocycles. The van der Waals surface area contributed by atoms with Gasteiger partial charge >= 0.3 is 6.09 Å². The molecule has 0 bridgehead atoms. The number of halogens is 1. The number of benzene rings is 1. The number of fused-ring (bicyclic) bond motifs is 2. The van der Waals surface area contributed by atoms with Crippen LogP contribution in [0.25, 0.3) is 10.9 Å². The van der Waals surface area contributed by atoms with Crippen LogP contribution in [0.3, 0.4) is 0 Å². The summed E-state index contributed by atoms with van der Waals surface area (Å²) < 4.78 is 5.27. The highest BCUT2D eigenvalue weighted by molar-refractivity contribution is 7.59. The molecule has 7 nitrogen and oxygen atoms in total. The Balaban J connectivity index is 0.00000336. The van der Waals surface area contributed by atoms with E-state index >= 15 is 0 Å². The van der Waals surface area contributed by atoms with Crippen LogP contribution in [-0.4, -0.2) is 64.1 Å². The van der Waals surface area contributed by atoms with Crippen molar-refractivity contribution in [3.63, 3.8) is 0 Å². The van der Waals surface area contributed by atoms with Crippen molar-refractivity contribution in [2.45, 2.75) is 58.4 Å². The molecule has 1 aromatic carbocycles. The van der Waals surface area contributed by atoms with Gasteiger partial charge in [-0.15, -0.1) is 0 Å². The highest BCUT2D eigenvalue weighted by Crippen LogP contribution is 2.38. The quantitative estimate of drug-likeness (QED) is 0.415. The third kappa shape index (κ3) is 5.47. The lowest BCUT2D eigenvalue weighted by atomic mass is 9.83. The number of amides is 2. The summed E-state index contributed by atoms with van der Waals surface area (Å²) in [5, 5.41) is 1.61. The van der Waals surface area contributed by atoms with Crippen LogP contribution in [0.4, 0.5) is 4.79 Å². The molecule has 1 saturated heterocycles. The van der Waals surface area contributed by atoms with Crippen LogP contribution in [-0.2, 0) is 17.6 Å². The lowest BCUT2D eigenvalue weighted by Crippen LogP contribution is -2.55. The van der Waals surface area contributed by atoms with Crippen LogP contribution < -0.4 is 0 Å². The second-order valence-corrected chi connectivity index (χ2v) is 10.5. The Hall–Kier alpha value is -2.84. The molecule has 1 aliphatic heterocycles. The van der Waals surface area contributed by atoms with E-state index in [2.05, 4.69) is 18.0 Å². The van der Waals surface area contributed by atoms with Gasteiger partial charge in [0.05, 0.1) is 17.1 Å². The van der Waals surface area contributed by atoms with Crippen molar-refractivity contribution < 1.29 is 14.3 Å². The molecule has 0 spiro atoms. The molecule has 2 aromatic heterocycles. The molecule has 1 fully saturated rings. The fraction of sp³-hybridized carbons (Fsp3) is 0.448. The monoisotopic (exact) mass is 554 g/mol. The highest BCUT2D eigenvalue weighted by atomic mass is 35.5. The number of piperazine rings is 1. The van der Waals surface area contributed by atoms with Gasteiger partial charge in [-0.2, -0.15) is 13.5 Å². The summed E-state index contributed by atoms with van der Waals surface area (Å²) in [4.78, 5) is 38.9. The number of carbonyl (C=O) groups is 2. The van der Waals surface area contributed by atoms with Crippen LogP contribution in [0.15, 0.2) is 36.5 Å². The van der Waals surface area contributed by atoms with E-state index < -0.39 is 0 Å². The van der Waals surface area contributed by atoms with Crippen molar-refractivity contribution >= 4 is 48.0 Å². The normalized spacial score (nSPS) is 19.1. The molecule has 38 heavy (non-hydrogen) atoms. The molecule has 2 atom stereocenters. The van der Waals surface area contributed by atoms with Gasteiger partial charge in [0.25, 0.3) is 5.91 Å². The summed E-state index contributed by atoms with van der Waals surface area (Å²) >= 11 is 6.87. The van der Waals surface area contributed by atoms with Crippen LogP contribution >= 0.6 is 25.1 Å². The van der Waals surface area contributed by atoms with Gasteiger partial charge in [0, 0.05) is 60.1 Å². The first kappa shape index (κ1) is 28.2. The number of aromatic nitrogens is 2. The Bertz CT molecular complexity index is 1350. The van der Waals surface area contributed by atoms with Crippen molar-refractivity contribution in [3.05, 3.63) is 69.6 Å². The van der Waals surface area contributed by atoms with E-state index in [1.165, 1.54) is 5.56 Å². The molecule has 0 N–H and O–H groups in total. The molecule has 0 saturated carbocycles. The number of ether oxygens (including phenoxy) is 1. The Kier molecular flexibility index (Phi) is 8.83. The van der Waals surface area contributed by atoms with E-state index in [0.29, 0.717) is 37.7 Å². The van der Waals surface area contributed by atoms with E-state index in [0.717, 1.165) is 58.6 Å². The minimum atomic E-state index is -0.311. The molecular weight excluding hydrogens is 520 g/mol. The number of pyridine rings is 2. The van der Waals surface area contributed by atoms with Gasteiger partial charge in [0.2, 0.25) is 0 Å². The molecular formula is C29H35ClN4O3S. The topological polar surface area (TPSA) is 75.6 Å². The number of hydrogen-bond donors (Lipinski definition) is 0. The predicted octanol–water partition coefficient (Wildman–Crippen LogP) is 5.67. The van der Waals surface area contributed by atoms with Gasteiger partial charge in [0.15, 0.2) is 0 Å². The lowest BCUT2D eigenvalue weighted by Gasteiger charge is -2.39. The van der Waals surface area contributed by atoms with E-state index in [1.54, 1.807) is 4.90 Å². The third-order valence-corrected chi connectivity index (χ3v) is 7.98. The molecule has 5 rings (SSSR count). The zero-order valence-corrected chi connectivity index (χ0v) is 23.9. The number of rotatable bonds is 4. The van der Waals surface area contributed by atoms with E-state index in [1.807, 2.05) is 49.2 Å². The van der Waals surface area contributed by atoms with Gasteiger partial charge in [-0.1, -0.05) is 30.7 Å². The Labute approximate surface area is 236 Å². The third-order valence-electron chi connectivity index (χ3n) is 7.55. The van der Waals surface area contributed by atoms with Crippen molar-refractivity contribution in [3.8, 4) is 0 Å². The van der Waals surface area contributed by atoms with E-state index in [4.69, 9.17) is 21.3 Å². The Morgan fingerprint density at radius 2 is 2.03 bits per heavy atom. The van der Waals surface area contributed by atoms with Crippen molar-refractivity contribution in [1.29, 1.82) is 0 Å². The summed E-state index contributed by atoms with van der Waals surface area (Å²) in [6.45, 7) is 7.81. The molecule has 9 heteroatoms. The van der Waals surface area contributed by atoms with Gasteiger partial charge in [-0.3, -0.25) is 14.8 Å². The van der Waals surface area contributed by atoms with Gasteiger partial charge in [0.1, 0.15) is 0 Å². The standard InChI is InChI=1S/C29H33ClN4O3.H2S/c1-4-14-37-29(36)33-12-13-34(19(3)17-33)28(35)21-8-10-23-25(16-21)32-24-15-20(7-9-22(24)26(23)30)27-18(2)6-5-11-31-27;/h5-6,8,10-11,16,19-20H,4,7,9,12-15,17H2,1-3H3;1H2/t19-,20?;/m0./s1. The summed E-state index contributed by atoms with van der Waals surface area (Å²) in [5.41, 5.74) is 5.75. The van der Waals surface area contributed by atoms with Crippen molar-refractivity contribution in [1.82, 2.24) is 19.8 Å². The maximum Gasteiger partial charge on any atom is 0.409 e. The molecule has 1 unspecified atom stereocenters. The lowest BCUT2D eigenvalue weighted by molar-refractivity contribution is 0.0414. The predicted molar refractivity (Wildman–Crippen MR) is 155 cm³/mol. The van der Waals surface area contributed by atoms with Crippen LogP contribution in [0.1, 0.15) is 65.5 Å². The molecule has 2 amide bonds. The number of hydrogen-bond acceptors (Lipinski definition) is 5. The first-order valence-electron chi connectivity index (χ1n) is 13.1. The summed E-state index contributed by atoms with van der Waals surface area (Å²) in [7, 11) is 0. The summed E-state index contributed by atoms with van der Waals surface area (Å²) in [6, 6.07) is 9.56. The van der Waals surface area contributed by atoms with Gasteiger partial charge in [-0.25, -0.2) is 4.79 Å². The fourth-order valence-electron chi connectivity index (χ4n) is 5.55. The van der Waals surface area contributed by atoms with Crippen LogP contribution in [0, 0.1) is 6.92 Å². The van der Waals surface area contributed by atoms with Crippen LogP contribution in [0.2, 0.25) is 5.02 Å². The Morgan fingerprint density at radius 1 is 1.21 bits per heavy atom. The Morgan fingerprint density at radius 3 is 2.76 bits per heavy atom. The zero-order chi connectivity index (χ0) is 26.1. The molecule has 0 radical (unpaired) electrons. The van der Waals surface area contributed by atoms with E-state index in [9.17, 15) is 9.59 Å². The zero-order valence-electron chi connectivity index (χ0n) is 22.2. The fourth-order valence-corrected chi connectivity index (χ4v) is 5.92. The minimum absolute atomic E-state index is 0. The van der Waals surface area contributed by atoms with Crippen molar-refractivity contribution in [2.24, 2.45) is 0 Å². The molecule has 3 aromatic rings. The second-order valence-electron chi connectivity index (χ2n) is 10.1.